The molecule has 1 aliphatic heterocycles. The zero-order valence-corrected chi connectivity index (χ0v) is 9.84. The van der Waals surface area contributed by atoms with Gasteiger partial charge in [0, 0.05) is 18.6 Å². The molecule has 1 saturated heterocycles. The summed E-state index contributed by atoms with van der Waals surface area (Å²) in [7, 11) is 0. The smallest absolute Gasteiger partial charge is 0.328 e. The lowest BCUT2D eigenvalue weighted by Gasteiger charge is -2.34. The van der Waals surface area contributed by atoms with Gasteiger partial charge in [0.2, 0.25) is 0 Å². The van der Waals surface area contributed by atoms with Crippen LogP contribution in [-0.4, -0.2) is 49.3 Å². The molecule has 0 aromatic carbocycles. The molecule has 0 spiro atoms. The molecule has 3 nitrogen and oxygen atoms in total. The zero-order chi connectivity index (χ0) is 12.5. The first-order valence-electron chi connectivity index (χ1n) is 6.20. The molecule has 2 aliphatic rings. The molecule has 0 bridgehead atoms. The highest BCUT2D eigenvalue weighted by Crippen LogP contribution is 2.23. The lowest BCUT2D eigenvalue weighted by Crippen LogP contribution is -2.49. The van der Waals surface area contributed by atoms with E-state index in [2.05, 4.69) is 5.32 Å². The van der Waals surface area contributed by atoms with Crippen LogP contribution in [0.5, 0.6) is 0 Å². The molecule has 1 atom stereocenters. The van der Waals surface area contributed by atoms with E-state index >= 15 is 0 Å². The van der Waals surface area contributed by atoms with Crippen molar-refractivity contribution in [1.82, 2.24) is 10.2 Å². The van der Waals surface area contributed by atoms with Crippen LogP contribution in [0.15, 0.2) is 0 Å². The average Bonchev–Trinajstić information content (AvgIpc) is 2.55. The standard InChI is InChI=1S/C11H20F3N3/c12-11(13,14)7-17-2-1-8(6-17)5-16-10-3-9(15)4-10/h8-10,16H,1-7,15H2. The minimum atomic E-state index is -4.07. The molecule has 0 aromatic heterocycles. The van der Waals surface area contributed by atoms with Crippen molar-refractivity contribution in [1.29, 1.82) is 0 Å². The summed E-state index contributed by atoms with van der Waals surface area (Å²) in [5.74, 6) is 0.356. The zero-order valence-electron chi connectivity index (χ0n) is 9.84. The van der Waals surface area contributed by atoms with Crippen LogP contribution >= 0.6 is 0 Å². The van der Waals surface area contributed by atoms with Crippen molar-refractivity contribution in [2.75, 3.05) is 26.2 Å². The second-order valence-corrected chi connectivity index (χ2v) is 5.34. The number of nitrogens with zero attached hydrogens (tertiary/aromatic N) is 1. The molecule has 1 aliphatic carbocycles. The van der Waals surface area contributed by atoms with Gasteiger partial charge in [-0.3, -0.25) is 4.90 Å². The highest BCUT2D eigenvalue weighted by atomic mass is 19.4. The molecule has 0 radical (unpaired) electrons. The normalized spacial score (nSPS) is 34.9. The number of alkyl halides is 3. The maximum atomic E-state index is 12.2. The predicted molar refractivity (Wildman–Crippen MR) is 59.6 cm³/mol. The topological polar surface area (TPSA) is 41.3 Å². The van der Waals surface area contributed by atoms with Crippen molar-refractivity contribution in [3.05, 3.63) is 0 Å². The lowest BCUT2D eigenvalue weighted by molar-refractivity contribution is -0.143. The van der Waals surface area contributed by atoms with Crippen LogP contribution in [0.3, 0.4) is 0 Å². The molecule has 100 valence electrons. The van der Waals surface area contributed by atoms with Gasteiger partial charge >= 0.3 is 6.18 Å². The molecular formula is C11H20F3N3. The Kier molecular flexibility index (Phi) is 3.95. The largest absolute Gasteiger partial charge is 0.401 e. The van der Waals surface area contributed by atoms with Gasteiger partial charge in [-0.25, -0.2) is 0 Å². The Hall–Kier alpha value is -0.330. The van der Waals surface area contributed by atoms with Gasteiger partial charge in [0.15, 0.2) is 0 Å². The minimum absolute atomic E-state index is 0.317. The Balaban J connectivity index is 1.61. The van der Waals surface area contributed by atoms with Gasteiger partial charge in [-0.1, -0.05) is 0 Å². The molecule has 0 aromatic rings. The first-order valence-corrected chi connectivity index (χ1v) is 6.20. The summed E-state index contributed by atoms with van der Waals surface area (Å²) < 4.78 is 36.6. The van der Waals surface area contributed by atoms with E-state index in [9.17, 15) is 13.2 Å². The molecule has 3 N–H and O–H groups in total. The van der Waals surface area contributed by atoms with E-state index in [1.54, 1.807) is 0 Å². The quantitative estimate of drug-likeness (QED) is 0.781. The molecule has 2 fully saturated rings. The van der Waals surface area contributed by atoms with Gasteiger partial charge in [0.05, 0.1) is 6.54 Å². The summed E-state index contributed by atoms with van der Waals surface area (Å²) in [6.45, 7) is 1.19. The monoisotopic (exact) mass is 251 g/mol. The van der Waals surface area contributed by atoms with Gasteiger partial charge in [0.25, 0.3) is 0 Å². The molecule has 0 amide bonds. The van der Waals surface area contributed by atoms with Gasteiger partial charge in [0.1, 0.15) is 0 Å². The Morgan fingerprint density at radius 3 is 2.59 bits per heavy atom. The maximum Gasteiger partial charge on any atom is 0.401 e. The number of rotatable bonds is 4. The van der Waals surface area contributed by atoms with Crippen molar-refractivity contribution in [2.24, 2.45) is 11.7 Å². The number of likely N-dealkylation sites (tertiary alicyclic amines) is 1. The Labute approximate surface area is 99.5 Å². The van der Waals surface area contributed by atoms with E-state index in [1.807, 2.05) is 0 Å². The summed E-state index contributed by atoms with van der Waals surface area (Å²) in [6, 6.07) is 0.805. The molecular weight excluding hydrogens is 231 g/mol. The Bertz CT molecular complexity index is 251. The van der Waals surface area contributed by atoms with Crippen LogP contribution in [0.4, 0.5) is 13.2 Å². The van der Waals surface area contributed by atoms with Crippen LogP contribution in [0.1, 0.15) is 19.3 Å². The SMILES string of the molecule is NC1CC(NCC2CCN(CC(F)(F)F)C2)C1. The second-order valence-electron chi connectivity index (χ2n) is 5.34. The summed E-state index contributed by atoms with van der Waals surface area (Å²) in [6.07, 6.45) is -1.21. The third-order valence-corrected chi connectivity index (χ3v) is 3.64. The molecule has 6 heteroatoms. The minimum Gasteiger partial charge on any atom is -0.328 e. The fourth-order valence-electron chi connectivity index (χ4n) is 2.64. The first kappa shape index (κ1) is 13.1. The van der Waals surface area contributed by atoms with E-state index in [4.69, 9.17) is 5.73 Å². The molecule has 1 unspecified atom stereocenters. The predicted octanol–water partition coefficient (Wildman–Crippen LogP) is 0.950. The van der Waals surface area contributed by atoms with Crippen LogP contribution in [0, 0.1) is 5.92 Å². The van der Waals surface area contributed by atoms with E-state index < -0.39 is 12.7 Å². The maximum absolute atomic E-state index is 12.2. The van der Waals surface area contributed by atoms with Crippen molar-refractivity contribution in [2.45, 2.75) is 37.5 Å². The first-order chi connectivity index (χ1) is 7.92. The number of hydrogen-bond donors (Lipinski definition) is 2. The van der Waals surface area contributed by atoms with Crippen molar-refractivity contribution >= 4 is 0 Å². The van der Waals surface area contributed by atoms with Crippen molar-refractivity contribution in [3.63, 3.8) is 0 Å². The summed E-state index contributed by atoms with van der Waals surface area (Å²) in [4.78, 5) is 1.50. The average molecular weight is 251 g/mol. The Morgan fingerprint density at radius 1 is 1.29 bits per heavy atom. The molecule has 1 saturated carbocycles. The third kappa shape index (κ3) is 4.12. The van der Waals surface area contributed by atoms with E-state index in [1.165, 1.54) is 4.90 Å². The molecule has 2 rings (SSSR count). The van der Waals surface area contributed by atoms with Gasteiger partial charge in [-0.2, -0.15) is 13.2 Å². The summed E-state index contributed by atoms with van der Waals surface area (Å²) in [5.41, 5.74) is 5.67. The summed E-state index contributed by atoms with van der Waals surface area (Å²) in [5, 5.41) is 3.39. The van der Waals surface area contributed by atoms with E-state index in [-0.39, 0.29) is 0 Å². The summed E-state index contributed by atoms with van der Waals surface area (Å²) >= 11 is 0. The number of hydrogen-bond acceptors (Lipinski definition) is 3. The van der Waals surface area contributed by atoms with Crippen molar-refractivity contribution in [3.8, 4) is 0 Å². The number of nitrogens with two attached hydrogens (primary N) is 1. The number of nitrogens with one attached hydrogen (secondary N) is 1. The fraction of sp³-hybridized carbons (Fsp3) is 1.00. The van der Waals surface area contributed by atoms with Gasteiger partial charge in [-0.05, 0) is 38.3 Å². The third-order valence-electron chi connectivity index (χ3n) is 3.64. The van der Waals surface area contributed by atoms with Gasteiger partial charge < -0.3 is 11.1 Å². The van der Waals surface area contributed by atoms with E-state index in [0.717, 1.165) is 25.8 Å². The highest BCUT2D eigenvalue weighted by molar-refractivity contribution is 4.89. The van der Waals surface area contributed by atoms with E-state index in [0.29, 0.717) is 31.1 Å². The lowest BCUT2D eigenvalue weighted by atomic mass is 9.87. The van der Waals surface area contributed by atoms with Crippen molar-refractivity contribution < 1.29 is 13.2 Å². The van der Waals surface area contributed by atoms with Gasteiger partial charge in [-0.15, -0.1) is 0 Å². The fourth-order valence-corrected chi connectivity index (χ4v) is 2.64. The van der Waals surface area contributed by atoms with Crippen LogP contribution in [-0.2, 0) is 0 Å². The van der Waals surface area contributed by atoms with Crippen LogP contribution in [0.2, 0.25) is 0 Å². The molecule has 1 heterocycles. The highest BCUT2D eigenvalue weighted by Gasteiger charge is 2.34. The number of halogens is 3. The Morgan fingerprint density at radius 2 is 2.00 bits per heavy atom. The molecule has 17 heavy (non-hydrogen) atoms. The van der Waals surface area contributed by atoms with Crippen LogP contribution < -0.4 is 11.1 Å². The second kappa shape index (κ2) is 5.12. The van der Waals surface area contributed by atoms with Crippen LogP contribution in [0.25, 0.3) is 0 Å².